The molecular weight excluding hydrogens is 250 g/mol. The average Bonchev–Trinajstić information content (AvgIpc) is 2.37. The van der Waals surface area contributed by atoms with Crippen molar-refractivity contribution in [2.24, 2.45) is 0 Å². The summed E-state index contributed by atoms with van der Waals surface area (Å²) in [6.07, 6.45) is 0.202. The summed E-state index contributed by atoms with van der Waals surface area (Å²) in [5.41, 5.74) is 0.0344. The number of benzene rings is 1. The lowest BCUT2D eigenvalue weighted by Crippen LogP contribution is -2.32. The Labute approximate surface area is 109 Å². The Hall–Kier alpha value is -2.75. The van der Waals surface area contributed by atoms with Crippen LogP contribution >= 0.6 is 0 Å². The lowest BCUT2D eigenvalue weighted by molar-refractivity contribution is 0.0696. The van der Waals surface area contributed by atoms with E-state index in [0.717, 1.165) is 6.07 Å². The van der Waals surface area contributed by atoms with E-state index in [9.17, 15) is 14.7 Å². The molecule has 1 aromatic rings. The zero-order chi connectivity index (χ0) is 14.4. The molecule has 1 rings (SSSR count). The van der Waals surface area contributed by atoms with E-state index in [1.54, 1.807) is 0 Å². The van der Waals surface area contributed by atoms with Crippen molar-refractivity contribution in [1.82, 2.24) is 4.90 Å². The fourth-order valence-electron chi connectivity index (χ4n) is 1.30. The lowest BCUT2D eigenvalue weighted by atomic mass is 10.2. The molecule has 0 unspecified atom stereocenters. The van der Waals surface area contributed by atoms with E-state index in [1.807, 2.05) is 6.07 Å². The molecule has 1 aromatic carbocycles. The minimum absolute atomic E-state index is 0.0756. The Bertz CT molecular complexity index is 536. The van der Waals surface area contributed by atoms with Gasteiger partial charge in [0.1, 0.15) is 5.75 Å². The molecule has 0 atom stereocenters. The second kappa shape index (κ2) is 6.26. The van der Waals surface area contributed by atoms with Crippen LogP contribution in [0, 0.1) is 11.3 Å². The van der Waals surface area contributed by atoms with Crippen molar-refractivity contribution in [1.29, 1.82) is 5.26 Å². The number of hydrogen-bond donors (Lipinski definition) is 3. The maximum Gasteiger partial charge on any atom is 0.335 e. The van der Waals surface area contributed by atoms with Crippen molar-refractivity contribution in [3.8, 4) is 11.8 Å². The van der Waals surface area contributed by atoms with Crippen LogP contribution in [-0.4, -0.2) is 40.7 Å². The summed E-state index contributed by atoms with van der Waals surface area (Å²) < 4.78 is 0. The van der Waals surface area contributed by atoms with E-state index in [0.29, 0.717) is 0 Å². The van der Waals surface area contributed by atoms with E-state index >= 15 is 0 Å². The number of carboxylic acid groups (broad SMARTS) is 1. The van der Waals surface area contributed by atoms with Gasteiger partial charge in [-0.2, -0.15) is 5.26 Å². The van der Waals surface area contributed by atoms with Gasteiger partial charge < -0.3 is 20.4 Å². The molecule has 3 N–H and O–H groups in total. The van der Waals surface area contributed by atoms with Crippen LogP contribution in [0.25, 0.3) is 0 Å². The number of carboxylic acids is 1. The minimum Gasteiger partial charge on any atom is -0.506 e. The van der Waals surface area contributed by atoms with Gasteiger partial charge in [0, 0.05) is 13.6 Å². The third-order valence-corrected chi connectivity index (χ3v) is 2.39. The number of urea groups is 1. The summed E-state index contributed by atoms with van der Waals surface area (Å²) in [6, 6.07) is 5.04. The second-order valence-corrected chi connectivity index (χ2v) is 3.80. The highest BCUT2D eigenvalue weighted by Crippen LogP contribution is 2.24. The number of aromatic carboxylic acids is 1. The Kier molecular flexibility index (Phi) is 4.71. The lowest BCUT2D eigenvalue weighted by Gasteiger charge is -2.17. The maximum absolute atomic E-state index is 11.7. The quantitative estimate of drug-likeness (QED) is 0.712. The van der Waals surface area contributed by atoms with Crippen molar-refractivity contribution in [3.05, 3.63) is 23.8 Å². The molecule has 2 amide bonds. The number of phenolic OH excluding ortho intramolecular Hbond substituents is 1. The van der Waals surface area contributed by atoms with Gasteiger partial charge in [-0.15, -0.1) is 0 Å². The predicted octanol–water partition coefficient (Wildman–Crippen LogP) is 1.47. The highest BCUT2D eigenvalue weighted by molar-refractivity contribution is 5.93. The van der Waals surface area contributed by atoms with Crippen LogP contribution in [0.15, 0.2) is 18.2 Å². The van der Waals surface area contributed by atoms with E-state index in [2.05, 4.69) is 5.32 Å². The monoisotopic (exact) mass is 263 g/mol. The Balaban J connectivity index is 2.75. The molecular formula is C12H13N3O4. The zero-order valence-corrected chi connectivity index (χ0v) is 10.3. The van der Waals surface area contributed by atoms with Crippen LogP contribution < -0.4 is 5.32 Å². The molecule has 0 aliphatic rings. The number of nitrogens with zero attached hydrogens (tertiary/aromatic N) is 2. The van der Waals surface area contributed by atoms with Gasteiger partial charge in [0.15, 0.2) is 0 Å². The number of amides is 2. The SMILES string of the molecule is CN(CCC#N)C(=O)Nc1ccc(C(=O)O)cc1O. The smallest absolute Gasteiger partial charge is 0.335 e. The highest BCUT2D eigenvalue weighted by Gasteiger charge is 2.12. The summed E-state index contributed by atoms with van der Waals surface area (Å²) in [6.45, 7) is 0.260. The molecule has 0 aromatic heterocycles. The maximum atomic E-state index is 11.7. The van der Waals surface area contributed by atoms with Crippen LogP contribution in [0.3, 0.4) is 0 Å². The first-order valence-corrected chi connectivity index (χ1v) is 5.41. The number of hydrogen-bond acceptors (Lipinski definition) is 4. The van der Waals surface area contributed by atoms with Gasteiger partial charge in [-0.05, 0) is 18.2 Å². The zero-order valence-electron chi connectivity index (χ0n) is 10.3. The first kappa shape index (κ1) is 14.3. The van der Waals surface area contributed by atoms with E-state index < -0.39 is 12.0 Å². The standard InChI is InChI=1S/C12H13N3O4/c1-15(6-2-5-13)12(19)14-9-4-3-8(11(17)18)7-10(9)16/h3-4,7,16H,2,6H2,1H3,(H,14,19)(H,17,18). The summed E-state index contributed by atoms with van der Waals surface area (Å²) in [5, 5.41) is 29.2. The number of nitrogens with one attached hydrogen (secondary N) is 1. The Morgan fingerprint density at radius 1 is 1.47 bits per heavy atom. The summed E-state index contributed by atoms with van der Waals surface area (Å²) in [4.78, 5) is 23.6. The van der Waals surface area contributed by atoms with E-state index in [4.69, 9.17) is 10.4 Å². The molecule has 0 fully saturated rings. The predicted molar refractivity (Wildman–Crippen MR) is 66.9 cm³/mol. The van der Waals surface area contributed by atoms with Gasteiger partial charge >= 0.3 is 12.0 Å². The van der Waals surface area contributed by atoms with Crippen LogP contribution in [0.1, 0.15) is 16.8 Å². The molecule has 7 heteroatoms. The first-order valence-electron chi connectivity index (χ1n) is 5.41. The number of anilines is 1. The first-order chi connectivity index (χ1) is 8.95. The summed E-state index contributed by atoms with van der Waals surface area (Å²) >= 11 is 0. The van der Waals surface area contributed by atoms with Gasteiger partial charge in [-0.25, -0.2) is 9.59 Å². The van der Waals surface area contributed by atoms with Crippen LogP contribution in [0.5, 0.6) is 5.75 Å². The van der Waals surface area contributed by atoms with Crippen molar-refractivity contribution in [3.63, 3.8) is 0 Å². The molecule has 0 saturated heterocycles. The van der Waals surface area contributed by atoms with Crippen molar-refractivity contribution in [2.75, 3.05) is 18.9 Å². The molecule has 0 saturated carbocycles. The van der Waals surface area contributed by atoms with Gasteiger partial charge in [0.2, 0.25) is 0 Å². The Morgan fingerprint density at radius 2 is 2.16 bits per heavy atom. The number of nitriles is 1. The van der Waals surface area contributed by atoms with Gasteiger partial charge in [0.05, 0.1) is 23.7 Å². The van der Waals surface area contributed by atoms with Crippen molar-refractivity contribution in [2.45, 2.75) is 6.42 Å². The minimum atomic E-state index is -1.17. The molecule has 0 aliphatic heterocycles. The largest absolute Gasteiger partial charge is 0.506 e. The second-order valence-electron chi connectivity index (χ2n) is 3.80. The van der Waals surface area contributed by atoms with Crippen LogP contribution in [0.4, 0.5) is 10.5 Å². The van der Waals surface area contributed by atoms with Crippen molar-refractivity contribution >= 4 is 17.7 Å². The van der Waals surface area contributed by atoms with E-state index in [1.165, 1.54) is 24.1 Å². The fourth-order valence-corrected chi connectivity index (χ4v) is 1.30. The fraction of sp³-hybridized carbons (Fsp3) is 0.250. The molecule has 0 spiro atoms. The van der Waals surface area contributed by atoms with Crippen LogP contribution in [0.2, 0.25) is 0 Å². The molecule has 0 heterocycles. The molecule has 0 radical (unpaired) electrons. The number of carbonyl (C=O) groups is 2. The topological polar surface area (TPSA) is 114 Å². The number of carbonyl (C=O) groups excluding carboxylic acids is 1. The van der Waals surface area contributed by atoms with Crippen LogP contribution in [-0.2, 0) is 0 Å². The van der Waals surface area contributed by atoms with Gasteiger partial charge in [-0.1, -0.05) is 0 Å². The number of rotatable bonds is 4. The normalized spacial score (nSPS) is 9.47. The van der Waals surface area contributed by atoms with Gasteiger partial charge in [-0.3, -0.25) is 0 Å². The average molecular weight is 263 g/mol. The summed E-state index contributed by atoms with van der Waals surface area (Å²) in [5.74, 6) is -1.50. The summed E-state index contributed by atoms with van der Waals surface area (Å²) in [7, 11) is 1.51. The number of aromatic hydroxyl groups is 1. The Morgan fingerprint density at radius 3 is 2.68 bits per heavy atom. The third kappa shape index (κ3) is 3.89. The highest BCUT2D eigenvalue weighted by atomic mass is 16.4. The van der Waals surface area contributed by atoms with E-state index in [-0.39, 0.29) is 30.0 Å². The molecule has 19 heavy (non-hydrogen) atoms. The molecule has 0 aliphatic carbocycles. The molecule has 0 bridgehead atoms. The molecule has 100 valence electrons. The molecule has 7 nitrogen and oxygen atoms in total. The number of phenols is 1. The third-order valence-electron chi connectivity index (χ3n) is 2.39. The van der Waals surface area contributed by atoms with Gasteiger partial charge in [0.25, 0.3) is 0 Å². The van der Waals surface area contributed by atoms with Crippen molar-refractivity contribution < 1.29 is 19.8 Å².